The normalized spacial score (nSPS) is 12.7. The van der Waals surface area contributed by atoms with Gasteiger partial charge in [0, 0.05) is 10.6 Å². The minimum absolute atomic E-state index is 0.0655. The molecule has 0 spiro atoms. The molecule has 2 aromatic carbocycles. The smallest absolute Gasteiger partial charge is 0.267 e. The summed E-state index contributed by atoms with van der Waals surface area (Å²) in [6.07, 6.45) is 4.14. The highest BCUT2D eigenvalue weighted by atomic mass is 32.2. The second-order valence-electron chi connectivity index (χ2n) is 8.54. The molecule has 10 heteroatoms. The number of amides is 1. The van der Waals surface area contributed by atoms with E-state index in [9.17, 15) is 9.59 Å². The largest absolute Gasteiger partial charge is 0.331 e. The molecule has 2 heterocycles. The van der Waals surface area contributed by atoms with E-state index in [0.717, 1.165) is 58.4 Å². The lowest BCUT2D eigenvalue weighted by molar-refractivity contribution is -0.119. The summed E-state index contributed by atoms with van der Waals surface area (Å²) in [6.45, 7) is 2.01. The fourth-order valence-electron chi connectivity index (χ4n) is 4.18. The van der Waals surface area contributed by atoms with Gasteiger partial charge in [0.15, 0.2) is 10.3 Å². The van der Waals surface area contributed by atoms with Gasteiger partial charge in [-0.3, -0.25) is 25.0 Å². The summed E-state index contributed by atoms with van der Waals surface area (Å²) < 4.78 is 1.62. The summed E-state index contributed by atoms with van der Waals surface area (Å²) in [5, 5.41) is 4.52. The van der Waals surface area contributed by atoms with E-state index in [-0.39, 0.29) is 22.3 Å². The molecule has 2 aromatic heterocycles. The predicted molar refractivity (Wildman–Crippen MR) is 151 cm³/mol. The van der Waals surface area contributed by atoms with Gasteiger partial charge in [-0.15, -0.1) is 11.3 Å². The molecule has 7 nitrogen and oxygen atoms in total. The number of aryl methyl sites for hydroxylation is 3. The average molecular weight is 536 g/mol. The van der Waals surface area contributed by atoms with Gasteiger partial charge in [-0.1, -0.05) is 47.7 Å². The summed E-state index contributed by atoms with van der Waals surface area (Å²) in [4.78, 5) is 33.2. The SMILES string of the molecule is Cc1ccc(NC(=S)NNC(=O)CSc2nc3sc4c(c3c(=O)n2-c2ccccc2)CCCC4)cc1. The minimum atomic E-state index is -0.285. The van der Waals surface area contributed by atoms with Gasteiger partial charge >= 0.3 is 0 Å². The van der Waals surface area contributed by atoms with Crippen molar-refractivity contribution in [2.24, 2.45) is 0 Å². The number of hydrazine groups is 1. The molecule has 1 aliphatic carbocycles. The third-order valence-corrected chi connectivity index (χ3v) is 8.26. The third kappa shape index (κ3) is 5.30. The number of thiophene rings is 1. The van der Waals surface area contributed by atoms with Crippen molar-refractivity contribution in [3.05, 3.63) is 81.0 Å². The van der Waals surface area contributed by atoms with Crippen molar-refractivity contribution in [3.8, 4) is 5.69 Å². The quantitative estimate of drug-likeness (QED) is 0.147. The van der Waals surface area contributed by atoms with Crippen LogP contribution in [0.4, 0.5) is 5.69 Å². The number of fused-ring (bicyclic) bond motifs is 3. The van der Waals surface area contributed by atoms with E-state index in [1.165, 1.54) is 16.6 Å². The van der Waals surface area contributed by atoms with Crippen LogP contribution in [0.15, 0.2) is 64.5 Å². The average Bonchev–Trinajstić information content (AvgIpc) is 3.27. The lowest BCUT2D eigenvalue weighted by Gasteiger charge is -2.14. The summed E-state index contributed by atoms with van der Waals surface area (Å²) in [7, 11) is 0. The number of benzene rings is 2. The Morgan fingerprint density at radius 1 is 1.08 bits per heavy atom. The third-order valence-electron chi connectivity index (χ3n) is 5.93. The number of carbonyl (C=O) groups is 1. The van der Waals surface area contributed by atoms with Gasteiger partial charge in [-0.2, -0.15) is 0 Å². The summed E-state index contributed by atoms with van der Waals surface area (Å²) in [5.74, 6) is -0.219. The van der Waals surface area contributed by atoms with Crippen LogP contribution in [-0.2, 0) is 17.6 Å². The molecule has 1 aliphatic rings. The molecule has 0 saturated heterocycles. The second-order valence-corrected chi connectivity index (χ2v) is 11.0. The standard InChI is InChI=1S/C26H25N5O2S3/c1-16-11-13-17(14-12-16)27-25(34)30-29-21(32)15-35-26-28-23-22(19-9-5-6-10-20(19)36-23)24(33)31(26)18-7-3-2-4-8-18/h2-4,7-8,11-14H,5-6,9-10,15H2,1H3,(H,29,32)(H2,27,30,34). The number of para-hydroxylation sites is 1. The Kier molecular flexibility index (Phi) is 7.35. The van der Waals surface area contributed by atoms with E-state index in [4.69, 9.17) is 17.2 Å². The second kappa shape index (κ2) is 10.8. The summed E-state index contributed by atoms with van der Waals surface area (Å²) >= 11 is 8.09. The van der Waals surface area contributed by atoms with Crippen LogP contribution < -0.4 is 21.7 Å². The highest BCUT2D eigenvalue weighted by Gasteiger charge is 2.23. The topological polar surface area (TPSA) is 88.1 Å². The van der Waals surface area contributed by atoms with E-state index in [1.807, 2.05) is 61.5 Å². The molecule has 0 bridgehead atoms. The van der Waals surface area contributed by atoms with Crippen LogP contribution in [0.5, 0.6) is 0 Å². The molecule has 184 valence electrons. The molecule has 5 rings (SSSR count). The fraction of sp³-hybridized carbons (Fsp3) is 0.231. The van der Waals surface area contributed by atoms with E-state index < -0.39 is 0 Å². The van der Waals surface area contributed by atoms with Crippen LogP contribution >= 0.6 is 35.3 Å². The van der Waals surface area contributed by atoms with E-state index in [1.54, 1.807) is 15.9 Å². The van der Waals surface area contributed by atoms with Gasteiger partial charge in [0.1, 0.15) is 4.83 Å². The van der Waals surface area contributed by atoms with Crippen molar-refractivity contribution in [3.63, 3.8) is 0 Å². The number of aromatic nitrogens is 2. The molecule has 1 amide bonds. The van der Waals surface area contributed by atoms with Crippen molar-refractivity contribution in [2.75, 3.05) is 11.1 Å². The number of thioether (sulfide) groups is 1. The summed E-state index contributed by atoms with van der Waals surface area (Å²) in [6, 6.07) is 17.2. The molecule has 0 saturated carbocycles. The number of nitrogens with one attached hydrogen (secondary N) is 3. The number of anilines is 1. The monoisotopic (exact) mass is 535 g/mol. The Balaban J connectivity index is 1.33. The number of rotatable bonds is 5. The zero-order chi connectivity index (χ0) is 25.1. The van der Waals surface area contributed by atoms with E-state index in [0.29, 0.717) is 5.16 Å². The van der Waals surface area contributed by atoms with E-state index >= 15 is 0 Å². The highest BCUT2D eigenvalue weighted by Crippen LogP contribution is 2.35. The Hall–Kier alpha value is -3.21. The van der Waals surface area contributed by atoms with Crippen molar-refractivity contribution >= 4 is 62.2 Å². The van der Waals surface area contributed by atoms with Crippen LogP contribution in [0.2, 0.25) is 0 Å². The highest BCUT2D eigenvalue weighted by molar-refractivity contribution is 7.99. The molecule has 0 unspecified atom stereocenters. The molecule has 0 radical (unpaired) electrons. The Bertz CT molecular complexity index is 1480. The zero-order valence-corrected chi connectivity index (χ0v) is 22.1. The fourth-order valence-corrected chi connectivity index (χ4v) is 6.46. The van der Waals surface area contributed by atoms with E-state index in [2.05, 4.69) is 16.2 Å². The molecule has 4 aromatic rings. The number of hydrogen-bond donors (Lipinski definition) is 3. The van der Waals surface area contributed by atoms with Crippen LogP contribution in [0.3, 0.4) is 0 Å². The predicted octanol–water partition coefficient (Wildman–Crippen LogP) is 4.74. The lowest BCUT2D eigenvalue weighted by Crippen LogP contribution is -2.44. The molecule has 0 fully saturated rings. The zero-order valence-electron chi connectivity index (χ0n) is 19.7. The molecule has 0 atom stereocenters. The van der Waals surface area contributed by atoms with Gasteiger partial charge in [0.05, 0.1) is 16.8 Å². The molecule has 36 heavy (non-hydrogen) atoms. The first-order valence-electron chi connectivity index (χ1n) is 11.7. The van der Waals surface area contributed by atoms with Gasteiger partial charge in [-0.25, -0.2) is 4.98 Å². The number of thiocarbonyl (C=S) groups is 1. The molecular weight excluding hydrogens is 511 g/mol. The minimum Gasteiger partial charge on any atom is -0.331 e. The van der Waals surface area contributed by atoms with Gasteiger partial charge in [-0.05, 0) is 74.7 Å². The first kappa shape index (κ1) is 24.5. The van der Waals surface area contributed by atoms with Crippen LogP contribution in [0.1, 0.15) is 28.8 Å². The van der Waals surface area contributed by atoms with Crippen molar-refractivity contribution in [1.82, 2.24) is 20.4 Å². The van der Waals surface area contributed by atoms with Crippen molar-refractivity contribution in [1.29, 1.82) is 0 Å². The van der Waals surface area contributed by atoms with Crippen LogP contribution in [0.25, 0.3) is 15.9 Å². The lowest BCUT2D eigenvalue weighted by atomic mass is 9.97. The van der Waals surface area contributed by atoms with Gasteiger partial charge in [0.2, 0.25) is 5.91 Å². The maximum absolute atomic E-state index is 13.7. The number of hydrogen-bond acceptors (Lipinski definition) is 6. The van der Waals surface area contributed by atoms with Crippen LogP contribution in [0, 0.1) is 6.92 Å². The number of nitrogens with zero attached hydrogens (tertiary/aromatic N) is 2. The van der Waals surface area contributed by atoms with Gasteiger partial charge < -0.3 is 5.32 Å². The molecular formula is C26H25N5O2S3. The Labute approximate surface area is 222 Å². The Morgan fingerprint density at radius 3 is 2.61 bits per heavy atom. The van der Waals surface area contributed by atoms with Crippen molar-refractivity contribution in [2.45, 2.75) is 37.8 Å². The first-order chi connectivity index (χ1) is 17.5. The molecule has 0 aliphatic heterocycles. The number of carbonyl (C=O) groups excluding carboxylic acids is 1. The summed E-state index contributed by atoms with van der Waals surface area (Å²) in [5.41, 5.74) is 9.11. The first-order valence-corrected chi connectivity index (χ1v) is 13.9. The maximum atomic E-state index is 13.7. The maximum Gasteiger partial charge on any atom is 0.267 e. The van der Waals surface area contributed by atoms with Crippen LogP contribution in [-0.4, -0.2) is 26.3 Å². The Morgan fingerprint density at radius 2 is 1.83 bits per heavy atom. The molecule has 3 N–H and O–H groups in total. The van der Waals surface area contributed by atoms with Crippen molar-refractivity contribution < 1.29 is 4.79 Å². The van der Waals surface area contributed by atoms with Gasteiger partial charge in [0.25, 0.3) is 5.56 Å².